The molecule has 3 rings (SSSR count). The molecule has 3 aromatic carbocycles. The van der Waals surface area contributed by atoms with Crippen molar-refractivity contribution in [2.75, 3.05) is 29.8 Å². The van der Waals surface area contributed by atoms with Gasteiger partial charge in [-0.05, 0) is 79.8 Å². The zero-order valence-corrected chi connectivity index (χ0v) is 21.2. The van der Waals surface area contributed by atoms with Gasteiger partial charge in [0.1, 0.15) is 12.3 Å². The standard InChI is InChI=1S/C25H27ClN2O4S2/c1-2-32-22-13-11-21(12-14-22)28(34(30,31)24-15-9-20(26)10-16-24)19-25(29)27-17-6-18-33-23-7-4-3-5-8-23/h3-5,7-16H,2,6,17-19H2,1H3,(H,27,29). The number of anilines is 1. The average Bonchev–Trinajstić information content (AvgIpc) is 2.84. The van der Waals surface area contributed by atoms with Crippen molar-refractivity contribution < 1.29 is 17.9 Å². The highest BCUT2D eigenvalue weighted by molar-refractivity contribution is 7.99. The number of nitrogens with one attached hydrogen (secondary N) is 1. The molecule has 0 heterocycles. The molecule has 0 saturated heterocycles. The maximum Gasteiger partial charge on any atom is 0.264 e. The van der Waals surface area contributed by atoms with E-state index in [1.54, 1.807) is 36.0 Å². The molecule has 0 spiro atoms. The first kappa shape index (κ1) is 25.9. The fourth-order valence-electron chi connectivity index (χ4n) is 3.12. The minimum absolute atomic E-state index is 0.0536. The van der Waals surface area contributed by atoms with Gasteiger partial charge in [-0.2, -0.15) is 0 Å². The van der Waals surface area contributed by atoms with Crippen LogP contribution in [0, 0.1) is 0 Å². The summed E-state index contributed by atoms with van der Waals surface area (Å²) in [5.41, 5.74) is 0.369. The van der Waals surface area contributed by atoms with E-state index in [1.165, 1.54) is 29.2 Å². The minimum Gasteiger partial charge on any atom is -0.494 e. The first-order valence-electron chi connectivity index (χ1n) is 10.9. The topological polar surface area (TPSA) is 75.7 Å². The van der Waals surface area contributed by atoms with Crippen molar-refractivity contribution in [1.29, 1.82) is 0 Å². The number of carbonyl (C=O) groups excluding carboxylic acids is 1. The Bertz CT molecular complexity index is 1160. The van der Waals surface area contributed by atoms with Crippen molar-refractivity contribution in [3.8, 4) is 5.75 Å². The fraction of sp³-hybridized carbons (Fsp3) is 0.240. The molecule has 0 aliphatic carbocycles. The second-order valence-electron chi connectivity index (χ2n) is 7.26. The van der Waals surface area contributed by atoms with Gasteiger partial charge in [0.15, 0.2) is 0 Å². The highest BCUT2D eigenvalue weighted by atomic mass is 35.5. The van der Waals surface area contributed by atoms with E-state index in [0.717, 1.165) is 16.5 Å². The lowest BCUT2D eigenvalue weighted by Crippen LogP contribution is -2.41. The van der Waals surface area contributed by atoms with Gasteiger partial charge >= 0.3 is 0 Å². The van der Waals surface area contributed by atoms with E-state index in [1.807, 2.05) is 37.3 Å². The van der Waals surface area contributed by atoms with Gasteiger partial charge in [0, 0.05) is 16.5 Å². The number of carbonyl (C=O) groups is 1. The molecule has 1 amide bonds. The zero-order chi connectivity index (χ0) is 24.4. The summed E-state index contributed by atoms with van der Waals surface area (Å²) >= 11 is 7.63. The van der Waals surface area contributed by atoms with E-state index < -0.39 is 10.0 Å². The molecule has 9 heteroatoms. The van der Waals surface area contributed by atoms with E-state index in [0.29, 0.717) is 29.6 Å². The summed E-state index contributed by atoms with van der Waals surface area (Å²) in [6, 6.07) is 22.5. The lowest BCUT2D eigenvalue weighted by Gasteiger charge is -2.24. The monoisotopic (exact) mass is 518 g/mol. The molecule has 6 nitrogen and oxygen atoms in total. The molecule has 0 aliphatic heterocycles. The summed E-state index contributed by atoms with van der Waals surface area (Å²) in [4.78, 5) is 13.9. The predicted molar refractivity (Wildman–Crippen MR) is 138 cm³/mol. The SMILES string of the molecule is CCOc1ccc(N(CC(=O)NCCCSc2ccccc2)S(=O)(=O)c2ccc(Cl)cc2)cc1. The summed E-state index contributed by atoms with van der Waals surface area (Å²) in [5, 5.41) is 3.26. The second kappa shape index (κ2) is 12.7. The number of ether oxygens (including phenoxy) is 1. The number of benzene rings is 3. The Morgan fingerprint density at radius 1 is 1.00 bits per heavy atom. The van der Waals surface area contributed by atoms with Gasteiger partial charge in [0.2, 0.25) is 5.91 Å². The van der Waals surface area contributed by atoms with E-state index >= 15 is 0 Å². The molecular weight excluding hydrogens is 492 g/mol. The fourth-order valence-corrected chi connectivity index (χ4v) is 5.54. The van der Waals surface area contributed by atoms with Crippen LogP contribution in [0.5, 0.6) is 5.75 Å². The maximum atomic E-state index is 13.4. The van der Waals surface area contributed by atoms with Crippen molar-refractivity contribution in [3.63, 3.8) is 0 Å². The molecule has 0 saturated carbocycles. The predicted octanol–water partition coefficient (Wildman–Crippen LogP) is 5.23. The van der Waals surface area contributed by atoms with Crippen LogP contribution in [0.3, 0.4) is 0 Å². The average molecular weight is 519 g/mol. The van der Waals surface area contributed by atoms with Gasteiger partial charge in [-0.15, -0.1) is 11.8 Å². The highest BCUT2D eigenvalue weighted by Gasteiger charge is 2.27. The lowest BCUT2D eigenvalue weighted by molar-refractivity contribution is -0.119. The zero-order valence-electron chi connectivity index (χ0n) is 18.8. The van der Waals surface area contributed by atoms with Crippen LogP contribution in [0.2, 0.25) is 5.02 Å². The number of halogens is 1. The van der Waals surface area contributed by atoms with Crippen molar-refractivity contribution in [3.05, 3.63) is 83.9 Å². The smallest absolute Gasteiger partial charge is 0.264 e. The number of rotatable bonds is 12. The number of hydrogen-bond acceptors (Lipinski definition) is 5. The summed E-state index contributed by atoms with van der Waals surface area (Å²) in [6.07, 6.45) is 0.762. The molecule has 0 radical (unpaired) electrons. The molecule has 0 aromatic heterocycles. The van der Waals surface area contributed by atoms with Crippen molar-refractivity contribution >= 4 is 45.0 Å². The molecule has 0 atom stereocenters. The molecular formula is C25H27ClN2O4S2. The molecule has 0 bridgehead atoms. The third-order valence-electron chi connectivity index (χ3n) is 4.78. The van der Waals surface area contributed by atoms with Gasteiger partial charge in [0.05, 0.1) is 17.2 Å². The largest absolute Gasteiger partial charge is 0.494 e. The van der Waals surface area contributed by atoms with Crippen molar-refractivity contribution in [2.45, 2.75) is 23.1 Å². The third-order valence-corrected chi connectivity index (χ3v) is 7.92. The van der Waals surface area contributed by atoms with Crippen LogP contribution < -0.4 is 14.4 Å². The molecule has 34 heavy (non-hydrogen) atoms. The van der Waals surface area contributed by atoms with Crippen molar-refractivity contribution in [1.82, 2.24) is 5.32 Å². The first-order chi connectivity index (χ1) is 16.4. The molecule has 0 fully saturated rings. The highest BCUT2D eigenvalue weighted by Crippen LogP contribution is 2.26. The van der Waals surface area contributed by atoms with Crippen LogP contribution in [0.15, 0.2) is 88.7 Å². The Morgan fingerprint density at radius 3 is 2.32 bits per heavy atom. The Kier molecular flexibility index (Phi) is 9.68. The first-order valence-corrected chi connectivity index (χ1v) is 13.7. The Labute approximate surface area is 210 Å². The Hall–Kier alpha value is -2.68. The van der Waals surface area contributed by atoms with E-state index in [9.17, 15) is 13.2 Å². The quantitative estimate of drug-likeness (QED) is 0.262. The molecule has 3 aromatic rings. The summed E-state index contributed by atoms with van der Waals surface area (Å²) in [6.45, 7) is 2.48. The molecule has 180 valence electrons. The molecule has 1 N–H and O–H groups in total. The van der Waals surface area contributed by atoms with Crippen LogP contribution in [0.25, 0.3) is 0 Å². The van der Waals surface area contributed by atoms with E-state index in [-0.39, 0.29) is 17.3 Å². The van der Waals surface area contributed by atoms with Gasteiger partial charge in [-0.1, -0.05) is 29.8 Å². The summed E-state index contributed by atoms with van der Waals surface area (Å²) < 4.78 is 33.3. The van der Waals surface area contributed by atoms with E-state index in [4.69, 9.17) is 16.3 Å². The van der Waals surface area contributed by atoms with Crippen LogP contribution in [0.4, 0.5) is 5.69 Å². The Morgan fingerprint density at radius 2 is 1.68 bits per heavy atom. The maximum absolute atomic E-state index is 13.4. The van der Waals surface area contributed by atoms with Crippen molar-refractivity contribution in [2.24, 2.45) is 0 Å². The van der Waals surface area contributed by atoms with E-state index in [2.05, 4.69) is 5.32 Å². The second-order valence-corrected chi connectivity index (χ2v) is 10.7. The van der Waals surface area contributed by atoms with Crippen LogP contribution in [-0.2, 0) is 14.8 Å². The number of nitrogens with zero attached hydrogens (tertiary/aromatic N) is 1. The summed E-state index contributed by atoms with van der Waals surface area (Å²) in [7, 11) is -3.99. The van der Waals surface area contributed by atoms with Gasteiger partial charge in [0.25, 0.3) is 10.0 Å². The van der Waals surface area contributed by atoms with Crippen LogP contribution in [-0.4, -0.2) is 39.8 Å². The van der Waals surface area contributed by atoms with Crippen LogP contribution >= 0.6 is 23.4 Å². The number of thioether (sulfide) groups is 1. The third kappa shape index (κ3) is 7.41. The summed E-state index contributed by atoms with van der Waals surface area (Å²) in [5.74, 6) is 1.09. The Balaban J connectivity index is 1.67. The number of amides is 1. The van der Waals surface area contributed by atoms with Gasteiger partial charge in [-0.3, -0.25) is 9.10 Å². The van der Waals surface area contributed by atoms with Gasteiger partial charge < -0.3 is 10.1 Å². The lowest BCUT2D eigenvalue weighted by atomic mass is 10.3. The van der Waals surface area contributed by atoms with Gasteiger partial charge in [-0.25, -0.2) is 8.42 Å². The normalized spacial score (nSPS) is 11.1. The number of sulfonamides is 1. The van der Waals surface area contributed by atoms with Crippen LogP contribution in [0.1, 0.15) is 13.3 Å². The molecule has 0 unspecified atom stereocenters. The minimum atomic E-state index is -3.99. The molecule has 0 aliphatic rings. The number of hydrogen-bond donors (Lipinski definition) is 1.